The second kappa shape index (κ2) is 4.84. The quantitative estimate of drug-likeness (QED) is 0.597. The summed E-state index contributed by atoms with van der Waals surface area (Å²) in [5.74, 6) is 0. The van der Waals surface area contributed by atoms with Gasteiger partial charge in [0.1, 0.15) is 6.67 Å². The molecule has 5 heteroatoms. The molecule has 0 aromatic rings. The fourth-order valence-electron chi connectivity index (χ4n) is 0.441. The van der Waals surface area contributed by atoms with E-state index in [1.54, 1.807) is 6.92 Å². The third-order valence-electron chi connectivity index (χ3n) is 0.908. The van der Waals surface area contributed by atoms with Crippen molar-refractivity contribution in [3.63, 3.8) is 0 Å². The smallest absolute Gasteiger partial charge is 0.234 e. The Kier molecular flexibility index (Phi) is 4.84. The molecule has 0 saturated heterocycles. The lowest BCUT2D eigenvalue weighted by Crippen LogP contribution is -2.27. The Labute approximate surface area is 56.3 Å². The SMILES string of the molecule is CCN(CCF)S(=O)O. The second-order valence-corrected chi connectivity index (χ2v) is 2.42. The van der Waals surface area contributed by atoms with Gasteiger partial charge in [0.25, 0.3) is 0 Å². The van der Waals surface area contributed by atoms with E-state index in [2.05, 4.69) is 0 Å². The molecule has 9 heavy (non-hydrogen) atoms. The van der Waals surface area contributed by atoms with E-state index < -0.39 is 17.9 Å². The Morgan fingerprint density at radius 1 is 1.78 bits per heavy atom. The summed E-state index contributed by atoms with van der Waals surface area (Å²) in [6.45, 7) is 1.54. The molecule has 1 unspecified atom stereocenters. The topological polar surface area (TPSA) is 40.5 Å². The summed E-state index contributed by atoms with van der Waals surface area (Å²) in [5.41, 5.74) is 0. The van der Waals surface area contributed by atoms with Gasteiger partial charge in [-0.15, -0.1) is 0 Å². The zero-order chi connectivity index (χ0) is 7.28. The van der Waals surface area contributed by atoms with Crippen molar-refractivity contribution >= 4 is 11.3 Å². The van der Waals surface area contributed by atoms with Gasteiger partial charge in [-0.05, 0) is 0 Å². The van der Waals surface area contributed by atoms with Gasteiger partial charge in [0.15, 0.2) is 0 Å². The lowest BCUT2D eigenvalue weighted by Gasteiger charge is -2.11. The maximum Gasteiger partial charge on any atom is 0.234 e. The van der Waals surface area contributed by atoms with Gasteiger partial charge in [-0.2, -0.15) is 4.31 Å². The average molecular weight is 155 g/mol. The van der Waals surface area contributed by atoms with E-state index >= 15 is 0 Å². The Morgan fingerprint density at radius 2 is 2.33 bits per heavy atom. The maximum atomic E-state index is 11.5. The van der Waals surface area contributed by atoms with Crippen molar-refractivity contribution in [2.75, 3.05) is 19.8 Å². The Hall–Kier alpha value is -0.0000000000000000486. The molecule has 0 rings (SSSR count). The highest BCUT2D eigenvalue weighted by molar-refractivity contribution is 7.76. The molecule has 0 aliphatic heterocycles. The second-order valence-electron chi connectivity index (χ2n) is 1.44. The van der Waals surface area contributed by atoms with Gasteiger partial charge in [0, 0.05) is 13.1 Å². The van der Waals surface area contributed by atoms with E-state index in [4.69, 9.17) is 4.55 Å². The maximum absolute atomic E-state index is 11.5. The number of rotatable bonds is 4. The van der Waals surface area contributed by atoms with Crippen LogP contribution < -0.4 is 0 Å². The summed E-state index contributed by atoms with van der Waals surface area (Å²) in [5, 5.41) is 0. The van der Waals surface area contributed by atoms with Crippen LogP contribution in [0.5, 0.6) is 0 Å². The number of hydrogen-bond acceptors (Lipinski definition) is 1. The van der Waals surface area contributed by atoms with Gasteiger partial charge in [-0.25, -0.2) is 8.60 Å². The standard InChI is InChI=1S/C4H10FNO2S/c1-2-6(4-3-5)9(7)8/h2-4H2,1H3,(H,7,8). The molecule has 0 spiro atoms. The Bertz CT molecular complexity index is 101. The lowest BCUT2D eigenvalue weighted by molar-refractivity contribution is 0.359. The number of nitrogens with zero attached hydrogens (tertiary/aromatic N) is 1. The molecule has 1 atom stereocenters. The normalized spacial score (nSPS) is 14.2. The summed E-state index contributed by atoms with van der Waals surface area (Å²) in [4.78, 5) is 0. The van der Waals surface area contributed by atoms with E-state index in [-0.39, 0.29) is 6.54 Å². The first-order valence-electron chi connectivity index (χ1n) is 2.64. The molecule has 0 heterocycles. The van der Waals surface area contributed by atoms with Crippen molar-refractivity contribution in [2.24, 2.45) is 0 Å². The first kappa shape index (κ1) is 9.00. The zero-order valence-corrected chi connectivity index (χ0v) is 6.03. The minimum Gasteiger partial charge on any atom is -0.294 e. The minimum atomic E-state index is -2.01. The third-order valence-corrected chi connectivity index (χ3v) is 1.79. The largest absolute Gasteiger partial charge is 0.294 e. The average Bonchev–Trinajstić information content (AvgIpc) is 1.82. The van der Waals surface area contributed by atoms with E-state index in [1.165, 1.54) is 0 Å². The van der Waals surface area contributed by atoms with Gasteiger partial charge in [0.05, 0.1) is 0 Å². The molecule has 0 amide bonds. The molecule has 0 aromatic heterocycles. The highest BCUT2D eigenvalue weighted by Gasteiger charge is 2.05. The molecule has 3 nitrogen and oxygen atoms in total. The summed E-state index contributed by atoms with van der Waals surface area (Å²) in [7, 11) is 0. The van der Waals surface area contributed by atoms with Crippen molar-refractivity contribution in [3.8, 4) is 0 Å². The summed E-state index contributed by atoms with van der Waals surface area (Å²) < 4.78 is 31.2. The molecular weight excluding hydrogens is 145 g/mol. The van der Waals surface area contributed by atoms with Gasteiger partial charge >= 0.3 is 0 Å². The van der Waals surface area contributed by atoms with Crippen LogP contribution in [0.2, 0.25) is 0 Å². The minimum absolute atomic E-state index is 0.0274. The van der Waals surface area contributed by atoms with Gasteiger partial charge in [0.2, 0.25) is 11.3 Å². The summed E-state index contributed by atoms with van der Waals surface area (Å²) in [6, 6.07) is 0. The van der Waals surface area contributed by atoms with Gasteiger partial charge in [-0.3, -0.25) is 4.55 Å². The molecule has 0 aromatic carbocycles. The van der Waals surface area contributed by atoms with Crippen molar-refractivity contribution in [2.45, 2.75) is 6.92 Å². The Morgan fingerprint density at radius 3 is 2.44 bits per heavy atom. The molecule has 0 radical (unpaired) electrons. The summed E-state index contributed by atoms with van der Waals surface area (Å²) >= 11 is -2.01. The number of hydrogen-bond donors (Lipinski definition) is 1. The fourth-order valence-corrected chi connectivity index (χ4v) is 0.887. The lowest BCUT2D eigenvalue weighted by atomic mass is 10.6. The van der Waals surface area contributed by atoms with Gasteiger partial charge in [-0.1, -0.05) is 6.92 Å². The van der Waals surface area contributed by atoms with Crippen molar-refractivity contribution < 1.29 is 13.2 Å². The number of alkyl halides is 1. The van der Waals surface area contributed by atoms with Crippen LogP contribution in [0.15, 0.2) is 0 Å². The molecule has 0 aliphatic rings. The van der Waals surface area contributed by atoms with E-state index in [1.807, 2.05) is 0 Å². The van der Waals surface area contributed by atoms with Crippen LogP contribution in [0.25, 0.3) is 0 Å². The molecule has 56 valence electrons. The van der Waals surface area contributed by atoms with E-state index in [9.17, 15) is 8.60 Å². The third kappa shape index (κ3) is 3.56. The van der Waals surface area contributed by atoms with Crippen molar-refractivity contribution in [3.05, 3.63) is 0 Å². The molecule has 0 saturated carbocycles. The molecule has 0 aliphatic carbocycles. The first-order chi connectivity index (χ1) is 4.22. The van der Waals surface area contributed by atoms with Crippen molar-refractivity contribution in [1.29, 1.82) is 0 Å². The van der Waals surface area contributed by atoms with Crippen LogP contribution in [0.3, 0.4) is 0 Å². The molecule has 0 fully saturated rings. The van der Waals surface area contributed by atoms with E-state index in [0.717, 1.165) is 4.31 Å². The predicted molar refractivity (Wildman–Crippen MR) is 34.0 cm³/mol. The summed E-state index contributed by atoms with van der Waals surface area (Å²) in [6.07, 6.45) is 0. The van der Waals surface area contributed by atoms with Crippen LogP contribution in [0.1, 0.15) is 6.92 Å². The first-order valence-corrected chi connectivity index (χ1v) is 3.70. The molecule has 0 bridgehead atoms. The van der Waals surface area contributed by atoms with Crippen LogP contribution in [0, 0.1) is 0 Å². The van der Waals surface area contributed by atoms with Crippen molar-refractivity contribution in [1.82, 2.24) is 4.31 Å². The van der Waals surface area contributed by atoms with Crippen LogP contribution >= 0.6 is 0 Å². The van der Waals surface area contributed by atoms with Crippen LogP contribution in [0.4, 0.5) is 4.39 Å². The zero-order valence-electron chi connectivity index (χ0n) is 5.21. The van der Waals surface area contributed by atoms with Gasteiger partial charge < -0.3 is 0 Å². The monoisotopic (exact) mass is 155 g/mol. The highest BCUT2D eigenvalue weighted by atomic mass is 32.2. The molecule has 1 N–H and O–H groups in total. The van der Waals surface area contributed by atoms with Crippen LogP contribution in [-0.4, -0.2) is 32.8 Å². The van der Waals surface area contributed by atoms with E-state index in [0.29, 0.717) is 6.54 Å². The van der Waals surface area contributed by atoms with Crippen LogP contribution in [-0.2, 0) is 11.3 Å². The Balaban J connectivity index is 3.54. The number of halogens is 1. The molecular formula is C4H10FNO2S. The predicted octanol–water partition coefficient (Wildman–Crippen LogP) is 0.414. The highest BCUT2D eigenvalue weighted by Crippen LogP contribution is 1.89. The fraction of sp³-hybridized carbons (Fsp3) is 1.00.